The maximum Gasteiger partial charge on any atom is 4.00 e. The molecule has 9 aliphatic rings. The van der Waals surface area contributed by atoms with Crippen LogP contribution in [0.5, 0.6) is 0 Å². The van der Waals surface area contributed by atoms with Gasteiger partial charge in [0.25, 0.3) is 0 Å². The van der Waals surface area contributed by atoms with E-state index in [-0.39, 0.29) is 32.7 Å². The smallest absolute Gasteiger partial charge is 2.00 e. The van der Waals surface area contributed by atoms with Crippen molar-refractivity contribution in [2.24, 2.45) is 47.3 Å². The van der Waals surface area contributed by atoms with Crippen LogP contribution in [0.25, 0.3) is 0 Å². The van der Waals surface area contributed by atoms with Crippen molar-refractivity contribution in [3.8, 4) is 0 Å². The molecule has 1 aromatic rings. The molecule has 0 aromatic carbocycles. The second kappa shape index (κ2) is 16.4. The van der Waals surface area contributed by atoms with Gasteiger partial charge in [0.15, 0.2) is 0 Å². The molecule has 8 unspecified atom stereocenters. The van der Waals surface area contributed by atoms with E-state index in [1.807, 2.05) is 0 Å². The van der Waals surface area contributed by atoms with Crippen molar-refractivity contribution in [1.82, 2.24) is 52.9 Å². The molecule has 266 valence electrons. The third kappa shape index (κ3) is 7.10. The van der Waals surface area contributed by atoms with Crippen molar-refractivity contribution in [2.45, 2.75) is 152 Å². The van der Waals surface area contributed by atoms with Crippen LogP contribution in [0.1, 0.15) is 103 Å². The average Bonchev–Trinajstić information content (AvgIpc) is 3.93. The summed E-state index contributed by atoms with van der Waals surface area (Å²) < 4.78 is 4.22. The number of fused-ring (bicyclic) bond motifs is 20. The predicted octanol–water partition coefficient (Wildman–Crippen LogP) is 2.44. The fraction of sp³-hybridized carbons (Fsp3) is 0.941. The van der Waals surface area contributed by atoms with Crippen LogP contribution in [0.2, 0.25) is 0 Å². The van der Waals surface area contributed by atoms with Gasteiger partial charge in [-0.1, -0.05) is 51.4 Å². The van der Waals surface area contributed by atoms with Crippen molar-refractivity contribution < 1.29 is 37.2 Å². The molecule has 6 heterocycles. The van der Waals surface area contributed by atoms with E-state index in [2.05, 4.69) is 57.4 Å². The maximum atomic E-state index is 4.26. The molecule has 1 aromatic heterocycles. The zero-order valence-electron chi connectivity index (χ0n) is 28.3. The van der Waals surface area contributed by atoms with Gasteiger partial charge in [-0.3, -0.25) is 42.5 Å². The molecule has 0 spiro atoms. The zero-order chi connectivity index (χ0) is 29.7. The first-order valence-electron chi connectivity index (χ1n) is 19.1. The van der Waals surface area contributed by atoms with Gasteiger partial charge in [0.05, 0.1) is 55.5 Å². The topological polar surface area (TPSA) is 192 Å². The predicted molar refractivity (Wildman–Crippen MR) is 173 cm³/mol. The minimum Gasteiger partial charge on any atom is -2.00 e. The normalized spacial score (nSPS) is 48.8. The largest absolute Gasteiger partial charge is 4.00 e. The quantitative estimate of drug-likeness (QED) is 0.185. The van der Waals surface area contributed by atoms with Crippen LogP contribution < -0.4 is 42.5 Å². The number of nitrogens with zero attached hydrogens (tertiary/aromatic N) is 2. The Morgan fingerprint density at radius 3 is 0.708 bits per heavy atom. The molecule has 13 nitrogen and oxygen atoms in total. The van der Waals surface area contributed by atoms with Crippen molar-refractivity contribution in [3.05, 3.63) is 12.5 Å². The molecule has 5 aliphatic heterocycles. The fourth-order valence-electron chi connectivity index (χ4n) is 12.1. The molecule has 8 bridgehead atoms. The third-order valence-corrected chi connectivity index (χ3v) is 14.1. The van der Waals surface area contributed by atoms with E-state index in [1.165, 1.54) is 115 Å². The van der Waals surface area contributed by atoms with Crippen molar-refractivity contribution in [2.75, 3.05) is 0 Å². The van der Waals surface area contributed by atoms with Crippen molar-refractivity contribution >= 4 is 0 Å². The third-order valence-electron chi connectivity index (χ3n) is 14.1. The van der Waals surface area contributed by atoms with Gasteiger partial charge in [0.2, 0.25) is 0 Å². The van der Waals surface area contributed by atoms with Gasteiger partial charge >= 0.3 is 21.7 Å². The SMILES string of the molecule is C1CCC2C3NC(NC4NC(NC5NC(NC6NC(N3)C3CCCCC63)C3CCCCC53)C3CCCCC43)C2C1.[O-2].[O-2].[Ti+4].c1conn1. The Kier molecular flexibility index (Phi) is 12.7. The minimum atomic E-state index is 0. The van der Waals surface area contributed by atoms with E-state index in [1.54, 1.807) is 0 Å². The molecule has 14 heteroatoms. The van der Waals surface area contributed by atoms with E-state index >= 15 is 0 Å². The summed E-state index contributed by atoms with van der Waals surface area (Å²) in [5, 5.41) is 40.2. The molecule has 48 heavy (non-hydrogen) atoms. The molecule has 10 rings (SSSR count). The van der Waals surface area contributed by atoms with Crippen molar-refractivity contribution in [3.63, 3.8) is 0 Å². The van der Waals surface area contributed by atoms with Gasteiger partial charge in [-0.2, -0.15) is 0 Å². The summed E-state index contributed by atoms with van der Waals surface area (Å²) in [6.45, 7) is 0. The maximum absolute atomic E-state index is 4.26. The van der Waals surface area contributed by atoms with E-state index in [9.17, 15) is 0 Å². The first kappa shape index (κ1) is 37.2. The summed E-state index contributed by atoms with van der Waals surface area (Å²) in [7, 11) is 0. The summed E-state index contributed by atoms with van der Waals surface area (Å²) in [5.74, 6) is 5.97. The second-order valence-corrected chi connectivity index (χ2v) is 16.2. The molecule has 4 aliphatic carbocycles. The summed E-state index contributed by atoms with van der Waals surface area (Å²) in [6.07, 6.45) is 28.4. The molecule has 8 atom stereocenters. The van der Waals surface area contributed by atoms with Crippen LogP contribution in [0, 0.1) is 47.3 Å². The average molecular weight is 703 g/mol. The zero-order valence-corrected chi connectivity index (χ0v) is 29.9. The first-order chi connectivity index (χ1) is 22.3. The summed E-state index contributed by atoms with van der Waals surface area (Å²) in [5.41, 5.74) is 0. The number of rotatable bonds is 0. The Labute approximate surface area is 301 Å². The van der Waals surface area contributed by atoms with Gasteiger partial charge in [-0.25, -0.2) is 0 Å². The molecule has 4 saturated carbocycles. The molecule has 8 N–H and O–H groups in total. The van der Waals surface area contributed by atoms with Crippen LogP contribution in [-0.2, 0) is 32.7 Å². The summed E-state index contributed by atoms with van der Waals surface area (Å²) >= 11 is 0. The van der Waals surface area contributed by atoms with Gasteiger partial charge in [0.1, 0.15) is 6.26 Å². The molecule has 5 saturated heterocycles. The van der Waals surface area contributed by atoms with Gasteiger partial charge in [-0.15, -0.1) is 5.10 Å². The first-order valence-corrected chi connectivity index (χ1v) is 19.1. The van der Waals surface area contributed by atoms with Crippen LogP contribution >= 0.6 is 0 Å². The summed E-state index contributed by atoms with van der Waals surface area (Å²) in [6, 6.07) is 0. The number of hydrogen-bond acceptors (Lipinski definition) is 11. The Morgan fingerprint density at radius 1 is 0.375 bits per heavy atom. The number of nitrogens with one attached hydrogen (secondary N) is 8. The molecular weight excluding hydrogens is 644 g/mol. The minimum absolute atomic E-state index is 0. The van der Waals surface area contributed by atoms with Crippen molar-refractivity contribution in [1.29, 1.82) is 0 Å². The molecule has 9 fully saturated rings. The molecule has 0 amide bonds. The van der Waals surface area contributed by atoms with E-state index in [0.717, 1.165) is 47.3 Å². The number of hydrogen-bond donors (Lipinski definition) is 8. The monoisotopic (exact) mass is 702 g/mol. The van der Waals surface area contributed by atoms with Crippen LogP contribution in [-0.4, -0.2) is 59.7 Å². The molecule has 0 radical (unpaired) electrons. The summed E-state index contributed by atoms with van der Waals surface area (Å²) in [4.78, 5) is 0. The van der Waals surface area contributed by atoms with Crippen LogP contribution in [0.4, 0.5) is 0 Å². The Balaban J connectivity index is 0.000000463. The van der Waals surface area contributed by atoms with Gasteiger partial charge in [-0.05, 0) is 98.7 Å². The number of aromatic nitrogens is 2. The standard InChI is InChI=1S/C32H56N8.C2H2N2O.2O.Ti/c1-2-10-18-17(9-1)25-33-26(18)38-28-21-13-5-6-14-22(21)30(35-28)40-32-24-16-8-7-15-23(24)31(36-32)39-29-20-12-4-3-11-19(20)27(34-29)37-25;1-2-5-4-3-1;;;/h17-40H,1-16H2;1-2H;;;/q;;2*-2;+4. The van der Waals surface area contributed by atoms with Crippen LogP contribution in [0.15, 0.2) is 17.0 Å². The Morgan fingerprint density at radius 2 is 0.583 bits per heavy atom. The van der Waals surface area contributed by atoms with Gasteiger partial charge < -0.3 is 15.5 Å². The van der Waals surface area contributed by atoms with Gasteiger partial charge in [0, 0.05) is 5.27 Å². The molecular formula is C34H58N10O3Ti. The second-order valence-electron chi connectivity index (χ2n) is 16.2. The Bertz CT molecular complexity index is 900. The Hall–Kier alpha value is -0.546. The van der Waals surface area contributed by atoms with Crippen LogP contribution in [0.3, 0.4) is 0 Å². The van der Waals surface area contributed by atoms with E-state index in [4.69, 9.17) is 0 Å². The van der Waals surface area contributed by atoms with E-state index < -0.39 is 0 Å². The van der Waals surface area contributed by atoms with E-state index in [0.29, 0.717) is 49.3 Å². The fourth-order valence-corrected chi connectivity index (χ4v) is 12.1.